The third kappa shape index (κ3) is 2.75. The van der Waals surface area contributed by atoms with Gasteiger partial charge in [-0.15, -0.1) is 0 Å². The maximum Gasteiger partial charge on any atom is 0.155 e. The van der Waals surface area contributed by atoms with Gasteiger partial charge in [-0.3, -0.25) is 15.0 Å². The smallest absolute Gasteiger partial charge is 0.155 e. The summed E-state index contributed by atoms with van der Waals surface area (Å²) in [5.74, 6) is 0.457. The van der Waals surface area contributed by atoms with Crippen molar-refractivity contribution in [3.8, 4) is 11.8 Å². The molecule has 0 aromatic carbocycles. The van der Waals surface area contributed by atoms with Gasteiger partial charge in [0.05, 0.1) is 29.3 Å². The van der Waals surface area contributed by atoms with Crippen molar-refractivity contribution in [2.75, 3.05) is 0 Å². The molecule has 5 nitrogen and oxygen atoms in total. The Balaban J connectivity index is 2.10. The minimum Gasteiger partial charge on any atom is -0.484 e. The van der Waals surface area contributed by atoms with E-state index in [1.54, 1.807) is 24.7 Å². The summed E-state index contributed by atoms with van der Waals surface area (Å²) in [5.41, 5.74) is 2.01. The number of aryl methyl sites for hydroxylation is 1. The zero-order chi connectivity index (χ0) is 12.1. The van der Waals surface area contributed by atoms with Crippen LogP contribution in [0.4, 0.5) is 0 Å². The fourth-order valence-corrected chi connectivity index (χ4v) is 1.32. The zero-order valence-corrected chi connectivity index (χ0v) is 9.29. The lowest BCUT2D eigenvalue weighted by atomic mass is 10.3. The second-order valence-electron chi connectivity index (χ2n) is 3.42. The van der Waals surface area contributed by atoms with Crippen LogP contribution in [0.15, 0.2) is 30.9 Å². The first-order valence-electron chi connectivity index (χ1n) is 5.04. The summed E-state index contributed by atoms with van der Waals surface area (Å²) < 4.78 is 5.48. The highest BCUT2D eigenvalue weighted by atomic mass is 16.5. The van der Waals surface area contributed by atoms with Crippen LogP contribution in [0.3, 0.4) is 0 Å². The first-order chi connectivity index (χ1) is 8.29. The highest BCUT2D eigenvalue weighted by molar-refractivity contribution is 5.40. The van der Waals surface area contributed by atoms with E-state index in [0.717, 1.165) is 11.4 Å². The third-order valence-corrected chi connectivity index (χ3v) is 2.09. The van der Waals surface area contributed by atoms with Crippen molar-refractivity contribution in [2.45, 2.75) is 13.5 Å². The first kappa shape index (κ1) is 11.0. The van der Waals surface area contributed by atoms with E-state index in [9.17, 15) is 0 Å². The monoisotopic (exact) mass is 226 g/mol. The molecule has 2 heterocycles. The molecule has 0 aliphatic rings. The molecule has 0 aliphatic heterocycles. The van der Waals surface area contributed by atoms with Crippen LogP contribution in [0, 0.1) is 18.3 Å². The van der Waals surface area contributed by atoms with Crippen molar-refractivity contribution in [2.24, 2.45) is 0 Å². The third-order valence-electron chi connectivity index (χ3n) is 2.09. The van der Waals surface area contributed by atoms with Gasteiger partial charge in [0.25, 0.3) is 0 Å². The molecule has 0 unspecified atom stereocenters. The standard InChI is InChI=1S/C12H10N4O/c1-9-5-15-6-11(16-9)8-17-12-7-14-3-2-10(12)4-13/h2-3,5-7H,8H2,1H3. The van der Waals surface area contributed by atoms with Gasteiger partial charge in [-0.05, 0) is 13.0 Å². The van der Waals surface area contributed by atoms with Gasteiger partial charge in [0, 0.05) is 12.4 Å². The Kier molecular flexibility index (Phi) is 3.26. The van der Waals surface area contributed by atoms with Crippen molar-refractivity contribution in [3.63, 3.8) is 0 Å². The van der Waals surface area contributed by atoms with E-state index >= 15 is 0 Å². The second kappa shape index (κ2) is 5.03. The van der Waals surface area contributed by atoms with Crippen LogP contribution in [-0.2, 0) is 6.61 Å². The molecule has 0 atom stereocenters. The molecule has 0 fully saturated rings. The van der Waals surface area contributed by atoms with Crippen LogP contribution >= 0.6 is 0 Å². The number of aromatic nitrogens is 3. The summed E-state index contributed by atoms with van der Waals surface area (Å²) >= 11 is 0. The molecule has 0 N–H and O–H groups in total. The number of rotatable bonds is 3. The van der Waals surface area contributed by atoms with Gasteiger partial charge in [-0.25, -0.2) is 0 Å². The quantitative estimate of drug-likeness (QED) is 0.795. The summed E-state index contributed by atoms with van der Waals surface area (Å²) in [7, 11) is 0. The molecule has 0 bridgehead atoms. The predicted molar refractivity (Wildman–Crippen MR) is 60.1 cm³/mol. The lowest BCUT2D eigenvalue weighted by molar-refractivity contribution is 0.298. The van der Waals surface area contributed by atoms with Crippen molar-refractivity contribution >= 4 is 0 Å². The van der Waals surface area contributed by atoms with Crippen molar-refractivity contribution in [3.05, 3.63) is 47.8 Å². The molecule has 2 rings (SSSR count). The van der Waals surface area contributed by atoms with Gasteiger partial charge in [-0.1, -0.05) is 0 Å². The molecule has 2 aromatic rings. The average Bonchev–Trinajstić information content (AvgIpc) is 2.37. The van der Waals surface area contributed by atoms with Crippen LogP contribution in [0.25, 0.3) is 0 Å². The Morgan fingerprint density at radius 3 is 2.94 bits per heavy atom. The maximum atomic E-state index is 8.87. The Morgan fingerprint density at radius 2 is 2.18 bits per heavy atom. The molecule has 84 valence electrons. The molecule has 0 saturated heterocycles. The Bertz CT molecular complexity index is 562. The molecular formula is C12H10N4O. The Morgan fingerprint density at radius 1 is 1.29 bits per heavy atom. The van der Waals surface area contributed by atoms with E-state index in [2.05, 4.69) is 15.0 Å². The summed E-state index contributed by atoms with van der Waals surface area (Å²) in [6.45, 7) is 2.14. The number of nitrogens with zero attached hydrogens (tertiary/aromatic N) is 4. The van der Waals surface area contributed by atoms with E-state index < -0.39 is 0 Å². The summed E-state index contributed by atoms with van der Waals surface area (Å²) in [6, 6.07) is 3.65. The molecule has 5 heteroatoms. The van der Waals surface area contributed by atoms with E-state index in [0.29, 0.717) is 11.3 Å². The molecular weight excluding hydrogens is 216 g/mol. The largest absolute Gasteiger partial charge is 0.484 e. The fourth-order valence-electron chi connectivity index (χ4n) is 1.32. The van der Waals surface area contributed by atoms with Gasteiger partial charge >= 0.3 is 0 Å². The van der Waals surface area contributed by atoms with Gasteiger partial charge in [0.1, 0.15) is 12.7 Å². The van der Waals surface area contributed by atoms with Crippen LogP contribution in [-0.4, -0.2) is 15.0 Å². The highest BCUT2D eigenvalue weighted by Crippen LogP contribution is 2.16. The summed E-state index contributed by atoms with van der Waals surface area (Å²) in [5, 5.41) is 8.87. The summed E-state index contributed by atoms with van der Waals surface area (Å²) in [4.78, 5) is 12.2. The zero-order valence-electron chi connectivity index (χ0n) is 9.29. The number of hydrogen-bond donors (Lipinski definition) is 0. The molecule has 2 aromatic heterocycles. The second-order valence-corrected chi connectivity index (χ2v) is 3.42. The Labute approximate surface area is 98.7 Å². The van der Waals surface area contributed by atoms with Crippen LogP contribution < -0.4 is 4.74 Å². The minimum atomic E-state index is 0.273. The van der Waals surface area contributed by atoms with E-state index in [4.69, 9.17) is 10.00 Å². The van der Waals surface area contributed by atoms with E-state index in [1.165, 1.54) is 6.20 Å². The molecule has 0 amide bonds. The molecule has 0 aliphatic carbocycles. The molecule has 0 spiro atoms. The van der Waals surface area contributed by atoms with E-state index in [1.807, 2.05) is 13.0 Å². The van der Waals surface area contributed by atoms with Gasteiger partial charge in [0.15, 0.2) is 5.75 Å². The number of hydrogen-bond acceptors (Lipinski definition) is 5. The minimum absolute atomic E-state index is 0.273. The SMILES string of the molecule is Cc1cncc(COc2cnccc2C#N)n1. The van der Waals surface area contributed by atoms with Crippen molar-refractivity contribution in [1.29, 1.82) is 5.26 Å². The lowest BCUT2D eigenvalue weighted by Crippen LogP contribution is -2.01. The van der Waals surface area contributed by atoms with Crippen LogP contribution in [0.5, 0.6) is 5.75 Å². The van der Waals surface area contributed by atoms with Crippen molar-refractivity contribution < 1.29 is 4.74 Å². The molecule has 0 radical (unpaired) electrons. The van der Waals surface area contributed by atoms with Crippen LogP contribution in [0.2, 0.25) is 0 Å². The first-order valence-corrected chi connectivity index (χ1v) is 5.04. The van der Waals surface area contributed by atoms with Crippen LogP contribution in [0.1, 0.15) is 17.0 Å². The topological polar surface area (TPSA) is 71.7 Å². The lowest BCUT2D eigenvalue weighted by Gasteiger charge is -2.06. The highest BCUT2D eigenvalue weighted by Gasteiger charge is 2.03. The Hall–Kier alpha value is -2.48. The summed E-state index contributed by atoms with van der Waals surface area (Å²) in [6.07, 6.45) is 6.38. The average molecular weight is 226 g/mol. The van der Waals surface area contributed by atoms with Gasteiger partial charge in [-0.2, -0.15) is 5.26 Å². The predicted octanol–water partition coefficient (Wildman–Crippen LogP) is 1.63. The molecule has 17 heavy (non-hydrogen) atoms. The van der Waals surface area contributed by atoms with Gasteiger partial charge < -0.3 is 4.74 Å². The number of nitriles is 1. The number of pyridine rings is 1. The molecule has 0 saturated carbocycles. The fraction of sp³-hybridized carbons (Fsp3) is 0.167. The number of ether oxygens (including phenoxy) is 1. The maximum absolute atomic E-state index is 8.87. The van der Waals surface area contributed by atoms with Crippen molar-refractivity contribution in [1.82, 2.24) is 15.0 Å². The normalized spacial score (nSPS) is 9.65. The van der Waals surface area contributed by atoms with Gasteiger partial charge in [0.2, 0.25) is 0 Å². The van der Waals surface area contributed by atoms with E-state index in [-0.39, 0.29) is 6.61 Å².